The fourth-order valence-electron chi connectivity index (χ4n) is 3.80. The molecule has 2 aromatic heterocycles. The minimum Gasteiger partial charge on any atom is -0.353 e. The van der Waals surface area contributed by atoms with Gasteiger partial charge < -0.3 is 4.98 Å². The lowest BCUT2D eigenvalue weighted by Crippen LogP contribution is -1.77. The van der Waals surface area contributed by atoms with Crippen molar-refractivity contribution in [1.29, 1.82) is 0 Å². The highest BCUT2D eigenvalue weighted by atomic mass is 32.1. The van der Waals surface area contributed by atoms with Gasteiger partial charge in [0.25, 0.3) is 0 Å². The number of hydrogen-bond donors (Lipinski definition) is 1. The van der Waals surface area contributed by atoms with Gasteiger partial charge in [0.2, 0.25) is 0 Å². The molecule has 0 aliphatic carbocycles. The van der Waals surface area contributed by atoms with Crippen molar-refractivity contribution >= 4 is 64.1 Å². The van der Waals surface area contributed by atoms with E-state index in [2.05, 4.69) is 65.6 Å². The van der Waals surface area contributed by atoms with Crippen LogP contribution in [0, 0.1) is 0 Å². The van der Waals surface area contributed by atoms with Crippen molar-refractivity contribution in [3.05, 3.63) is 60.7 Å². The van der Waals surface area contributed by atoms with Crippen LogP contribution in [-0.2, 0) is 0 Å². The molecule has 0 saturated carbocycles. The van der Waals surface area contributed by atoms with E-state index in [0.29, 0.717) is 0 Å². The summed E-state index contributed by atoms with van der Waals surface area (Å²) in [5.41, 5.74) is 2.50. The topological polar surface area (TPSA) is 15.8 Å². The molecule has 0 aliphatic heterocycles. The number of aromatic amines is 1. The molecule has 0 unspecified atom stereocenters. The highest BCUT2D eigenvalue weighted by Crippen LogP contribution is 2.45. The lowest BCUT2D eigenvalue weighted by molar-refractivity contribution is 1.57. The molecule has 0 radical (unpaired) electrons. The van der Waals surface area contributed by atoms with Gasteiger partial charge in [-0.2, -0.15) is 0 Å². The van der Waals surface area contributed by atoms with Crippen LogP contribution in [0.3, 0.4) is 0 Å². The number of benzene rings is 4. The molecule has 2 heteroatoms. The number of rotatable bonds is 0. The summed E-state index contributed by atoms with van der Waals surface area (Å²) in [4.78, 5) is 3.64. The van der Waals surface area contributed by atoms with Crippen molar-refractivity contribution in [3.63, 3.8) is 0 Å². The van der Waals surface area contributed by atoms with Crippen molar-refractivity contribution in [2.24, 2.45) is 0 Å². The molecule has 22 heavy (non-hydrogen) atoms. The second kappa shape index (κ2) is 3.60. The summed E-state index contributed by atoms with van der Waals surface area (Å²) >= 11 is 1.90. The van der Waals surface area contributed by atoms with Crippen molar-refractivity contribution < 1.29 is 0 Å². The minimum atomic E-state index is 1.22. The Balaban J connectivity index is 2.03. The molecule has 0 atom stereocenters. The highest BCUT2D eigenvalue weighted by Gasteiger charge is 2.16. The summed E-state index contributed by atoms with van der Waals surface area (Å²) in [6, 6.07) is 22.0. The maximum absolute atomic E-state index is 3.64. The zero-order valence-electron chi connectivity index (χ0n) is 11.7. The van der Waals surface area contributed by atoms with Gasteiger partial charge in [-0.25, -0.2) is 0 Å². The Bertz CT molecular complexity index is 1320. The Labute approximate surface area is 130 Å². The van der Waals surface area contributed by atoms with E-state index in [1.807, 2.05) is 11.3 Å². The van der Waals surface area contributed by atoms with Crippen LogP contribution >= 0.6 is 11.3 Å². The van der Waals surface area contributed by atoms with Gasteiger partial charge in [0, 0.05) is 31.8 Å². The van der Waals surface area contributed by atoms with Crippen LogP contribution in [0.5, 0.6) is 0 Å². The van der Waals surface area contributed by atoms with E-state index in [1.165, 1.54) is 52.8 Å². The smallest absolute Gasteiger partial charge is 0.0646 e. The first-order valence-corrected chi connectivity index (χ1v) is 8.28. The average molecular weight is 297 g/mol. The zero-order chi connectivity index (χ0) is 14.3. The Morgan fingerprint density at radius 2 is 1.64 bits per heavy atom. The Hall–Kier alpha value is -2.58. The van der Waals surface area contributed by atoms with Gasteiger partial charge in [-0.1, -0.05) is 42.5 Å². The van der Waals surface area contributed by atoms with E-state index in [-0.39, 0.29) is 0 Å². The summed E-state index contributed by atoms with van der Waals surface area (Å²) in [6.45, 7) is 0. The number of nitrogens with one attached hydrogen (secondary N) is 1. The van der Waals surface area contributed by atoms with Crippen LogP contribution < -0.4 is 0 Å². The van der Waals surface area contributed by atoms with E-state index < -0.39 is 0 Å². The quantitative estimate of drug-likeness (QED) is 0.317. The SMILES string of the molecule is c1ccc2c(c1)[nH]c1c2cc2ccc3cccc4sc1c2c34. The molecule has 0 spiro atoms. The largest absolute Gasteiger partial charge is 0.353 e. The number of para-hydroxylation sites is 1. The van der Waals surface area contributed by atoms with Crippen molar-refractivity contribution in [1.82, 2.24) is 4.98 Å². The van der Waals surface area contributed by atoms with Gasteiger partial charge in [-0.3, -0.25) is 0 Å². The van der Waals surface area contributed by atoms with Crippen molar-refractivity contribution in [2.45, 2.75) is 0 Å². The first-order valence-electron chi connectivity index (χ1n) is 7.47. The Kier molecular flexibility index (Phi) is 1.81. The summed E-state index contributed by atoms with van der Waals surface area (Å²) in [5.74, 6) is 0. The number of H-pyrrole nitrogens is 1. The molecule has 6 rings (SSSR count). The van der Waals surface area contributed by atoms with E-state index >= 15 is 0 Å². The summed E-state index contributed by atoms with van der Waals surface area (Å²) in [7, 11) is 0. The molecule has 102 valence electrons. The molecular weight excluding hydrogens is 286 g/mol. The number of aromatic nitrogens is 1. The molecule has 6 aromatic rings. The Morgan fingerprint density at radius 3 is 2.64 bits per heavy atom. The maximum atomic E-state index is 3.64. The number of hydrogen-bond acceptors (Lipinski definition) is 1. The van der Waals surface area contributed by atoms with Crippen molar-refractivity contribution in [3.8, 4) is 0 Å². The summed E-state index contributed by atoms with van der Waals surface area (Å²) in [6.07, 6.45) is 0. The number of fused-ring (bicyclic) bond motifs is 4. The molecule has 2 heterocycles. The standard InChI is InChI=1S/C20H11NS/c1-2-6-15-13(5-1)14-10-12-9-8-11-4-3-7-16-17(11)18(12)20(22-16)19(14)21-15/h1-10,21H. The molecular formula is C20H11NS. The third-order valence-electron chi connectivity index (χ3n) is 4.75. The third-order valence-corrected chi connectivity index (χ3v) is 5.92. The van der Waals surface area contributed by atoms with Crippen LogP contribution in [0.2, 0.25) is 0 Å². The molecule has 0 aliphatic rings. The zero-order valence-corrected chi connectivity index (χ0v) is 12.5. The van der Waals surface area contributed by atoms with Gasteiger partial charge in [-0.15, -0.1) is 11.3 Å². The van der Waals surface area contributed by atoms with Crippen LogP contribution in [0.4, 0.5) is 0 Å². The Morgan fingerprint density at radius 1 is 0.727 bits per heavy atom. The average Bonchev–Trinajstić information content (AvgIpc) is 3.12. The van der Waals surface area contributed by atoms with Crippen LogP contribution in [0.1, 0.15) is 0 Å². The van der Waals surface area contributed by atoms with Crippen LogP contribution in [-0.4, -0.2) is 4.98 Å². The molecule has 0 fully saturated rings. The first kappa shape index (κ1) is 11.0. The van der Waals surface area contributed by atoms with E-state index in [0.717, 1.165) is 0 Å². The molecule has 4 aromatic carbocycles. The maximum Gasteiger partial charge on any atom is 0.0646 e. The summed E-state index contributed by atoms with van der Waals surface area (Å²) in [5, 5.41) is 8.16. The first-order chi connectivity index (χ1) is 10.9. The predicted molar refractivity (Wildman–Crippen MR) is 97.4 cm³/mol. The minimum absolute atomic E-state index is 1.22. The number of thiophene rings is 1. The fourth-order valence-corrected chi connectivity index (χ4v) is 5.07. The molecule has 1 nitrogen and oxygen atoms in total. The van der Waals surface area contributed by atoms with Gasteiger partial charge in [0.1, 0.15) is 0 Å². The molecule has 0 bridgehead atoms. The molecule has 0 amide bonds. The van der Waals surface area contributed by atoms with Crippen LogP contribution in [0.15, 0.2) is 60.7 Å². The van der Waals surface area contributed by atoms with Gasteiger partial charge >= 0.3 is 0 Å². The van der Waals surface area contributed by atoms with E-state index in [1.54, 1.807) is 0 Å². The van der Waals surface area contributed by atoms with Crippen molar-refractivity contribution in [2.75, 3.05) is 0 Å². The van der Waals surface area contributed by atoms with Gasteiger partial charge in [0.15, 0.2) is 0 Å². The molecule has 1 N–H and O–H groups in total. The molecule has 0 saturated heterocycles. The second-order valence-corrected chi connectivity index (χ2v) is 6.97. The third kappa shape index (κ3) is 1.17. The second-order valence-electron chi connectivity index (χ2n) is 5.92. The van der Waals surface area contributed by atoms with E-state index in [9.17, 15) is 0 Å². The van der Waals surface area contributed by atoms with Crippen LogP contribution in [0.25, 0.3) is 52.8 Å². The highest BCUT2D eigenvalue weighted by molar-refractivity contribution is 7.27. The summed E-state index contributed by atoms with van der Waals surface area (Å²) < 4.78 is 2.76. The lowest BCUT2D eigenvalue weighted by atomic mass is 10.00. The van der Waals surface area contributed by atoms with Gasteiger partial charge in [0.05, 0.1) is 10.2 Å². The lowest BCUT2D eigenvalue weighted by Gasteiger charge is -2.03. The normalized spacial score (nSPS) is 12.5. The van der Waals surface area contributed by atoms with E-state index in [4.69, 9.17) is 0 Å². The van der Waals surface area contributed by atoms with Gasteiger partial charge in [-0.05, 0) is 29.0 Å². The fraction of sp³-hybridized carbons (Fsp3) is 0. The predicted octanol–water partition coefficient (Wildman–Crippen LogP) is 6.28. The monoisotopic (exact) mass is 297 g/mol.